The first kappa shape index (κ1) is 24.2. The van der Waals surface area contributed by atoms with Gasteiger partial charge in [0, 0.05) is 34.3 Å². The summed E-state index contributed by atoms with van der Waals surface area (Å²) < 4.78 is 25.6. The van der Waals surface area contributed by atoms with Crippen molar-refractivity contribution >= 4 is 50.7 Å². The molecule has 32 heavy (non-hydrogen) atoms. The van der Waals surface area contributed by atoms with E-state index in [0.717, 1.165) is 17.7 Å². The molecule has 5 nitrogen and oxygen atoms in total. The topological polar surface area (TPSA) is 66.5 Å². The van der Waals surface area contributed by atoms with E-state index in [-0.39, 0.29) is 18.9 Å². The molecule has 0 radical (unpaired) electrons. The molecule has 0 aliphatic carbocycles. The van der Waals surface area contributed by atoms with Gasteiger partial charge in [-0.3, -0.25) is 9.10 Å². The average Bonchev–Trinajstić information content (AvgIpc) is 2.76. The second-order valence-electron chi connectivity index (χ2n) is 7.27. The monoisotopic (exact) mass is 488 g/mol. The van der Waals surface area contributed by atoms with Crippen LogP contribution in [0.1, 0.15) is 18.4 Å². The maximum Gasteiger partial charge on any atom is 0.232 e. The average molecular weight is 489 g/mol. The quantitative estimate of drug-likeness (QED) is 0.365. The summed E-state index contributed by atoms with van der Waals surface area (Å²) in [6.45, 7) is 0.197. The Hall–Kier alpha value is -2.48. The highest BCUT2D eigenvalue weighted by atomic mass is 35.5. The van der Waals surface area contributed by atoms with E-state index in [1.807, 2.05) is 42.5 Å². The Balaban J connectivity index is 1.48. The molecule has 0 aliphatic heterocycles. The van der Waals surface area contributed by atoms with Crippen LogP contribution in [0.15, 0.2) is 83.8 Å². The second-order valence-corrected chi connectivity index (χ2v) is 10.7. The molecule has 0 heterocycles. The van der Waals surface area contributed by atoms with E-state index in [4.69, 9.17) is 11.6 Å². The lowest BCUT2D eigenvalue weighted by molar-refractivity contribution is -0.116. The number of hydrogen-bond donors (Lipinski definition) is 1. The zero-order valence-electron chi connectivity index (χ0n) is 17.7. The van der Waals surface area contributed by atoms with Crippen LogP contribution in [0.5, 0.6) is 0 Å². The molecule has 0 unspecified atom stereocenters. The maximum atomic E-state index is 12.3. The molecular weight excluding hydrogens is 464 g/mol. The number of hydrogen-bond acceptors (Lipinski definition) is 4. The first-order valence-electron chi connectivity index (χ1n) is 10.1. The number of carbonyl (C=O) groups excluding carboxylic acids is 1. The Morgan fingerprint density at radius 3 is 2.38 bits per heavy atom. The number of halogens is 1. The van der Waals surface area contributed by atoms with Gasteiger partial charge in [-0.15, -0.1) is 11.8 Å². The van der Waals surface area contributed by atoms with Crippen LogP contribution in [0.4, 0.5) is 11.4 Å². The minimum Gasteiger partial charge on any atom is -0.326 e. The number of rotatable bonds is 10. The fraction of sp³-hybridized carbons (Fsp3) is 0.208. The van der Waals surface area contributed by atoms with E-state index in [0.29, 0.717) is 17.1 Å². The number of carbonyl (C=O) groups is 1. The van der Waals surface area contributed by atoms with Crippen LogP contribution >= 0.6 is 23.4 Å². The zero-order valence-corrected chi connectivity index (χ0v) is 20.1. The lowest BCUT2D eigenvalue weighted by Crippen LogP contribution is -2.31. The van der Waals surface area contributed by atoms with Gasteiger partial charge in [0.1, 0.15) is 0 Å². The molecule has 3 aromatic carbocycles. The van der Waals surface area contributed by atoms with Gasteiger partial charge >= 0.3 is 0 Å². The molecule has 0 saturated carbocycles. The normalized spacial score (nSPS) is 11.2. The van der Waals surface area contributed by atoms with Gasteiger partial charge in [0.25, 0.3) is 0 Å². The SMILES string of the molecule is CS(=O)(=O)N(CCCC(=O)Nc1ccc(CSc2ccccc2)cc1)c1cccc(Cl)c1. The summed E-state index contributed by atoms with van der Waals surface area (Å²) in [6.07, 6.45) is 1.74. The Labute approximate surface area is 198 Å². The minimum absolute atomic E-state index is 0.157. The summed E-state index contributed by atoms with van der Waals surface area (Å²) in [5, 5.41) is 3.33. The van der Waals surface area contributed by atoms with Crippen molar-refractivity contribution in [3.8, 4) is 0 Å². The number of benzene rings is 3. The van der Waals surface area contributed by atoms with Gasteiger partial charge in [0.15, 0.2) is 0 Å². The predicted octanol–water partition coefficient (Wildman–Crippen LogP) is 5.82. The Morgan fingerprint density at radius 2 is 1.72 bits per heavy atom. The Morgan fingerprint density at radius 1 is 1.00 bits per heavy atom. The summed E-state index contributed by atoms with van der Waals surface area (Å²) >= 11 is 7.75. The fourth-order valence-corrected chi connectivity index (χ4v) is 5.11. The summed E-state index contributed by atoms with van der Waals surface area (Å²) in [7, 11) is -3.48. The van der Waals surface area contributed by atoms with Gasteiger partial charge in [-0.05, 0) is 54.4 Å². The van der Waals surface area contributed by atoms with Crippen molar-refractivity contribution in [1.29, 1.82) is 0 Å². The molecule has 3 rings (SSSR count). The summed E-state index contributed by atoms with van der Waals surface area (Å²) in [6, 6.07) is 24.6. The van der Waals surface area contributed by atoms with E-state index >= 15 is 0 Å². The highest BCUT2D eigenvalue weighted by Gasteiger charge is 2.18. The fourth-order valence-electron chi connectivity index (χ4n) is 3.09. The number of amides is 1. The summed E-state index contributed by atoms with van der Waals surface area (Å²) in [4.78, 5) is 13.5. The predicted molar refractivity (Wildman–Crippen MR) is 134 cm³/mol. The molecular formula is C24H25ClN2O3S2. The van der Waals surface area contributed by atoms with Crippen LogP contribution < -0.4 is 9.62 Å². The van der Waals surface area contributed by atoms with Crippen LogP contribution in [0.3, 0.4) is 0 Å². The van der Waals surface area contributed by atoms with Crippen molar-refractivity contribution < 1.29 is 13.2 Å². The number of nitrogens with zero attached hydrogens (tertiary/aromatic N) is 1. The van der Waals surface area contributed by atoms with Crippen LogP contribution in [-0.2, 0) is 20.6 Å². The highest BCUT2D eigenvalue weighted by Crippen LogP contribution is 2.24. The van der Waals surface area contributed by atoms with E-state index in [1.165, 1.54) is 14.8 Å². The molecule has 3 aromatic rings. The van der Waals surface area contributed by atoms with Crippen molar-refractivity contribution in [2.45, 2.75) is 23.5 Å². The third kappa shape index (κ3) is 7.58. The lowest BCUT2D eigenvalue weighted by Gasteiger charge is -2.22. The third-order valence-electron chi connectivity index (χ3n) is 4.65. The smallest absolute Gasteiger partial charge is 0.232 e. The molecule has 0 bridgehead atoms. The van der Waals surface area contributed by atoms with Gasteiger partial charge < -0.3 is 5.32 Å². The third-order valence-corrected chi connectivity index (χ3v) is 7.16. The summed E-state index contributed by atoms with van der Waals surface area (Å²) in [5.41, 5.74) is 2.38. The Kier molecular flexibility index (Phi) is 8.61. The largest absolute Gasteiger partial charge is 0.326 e. The van der Waals surface area contributed by atoms with E-state index in [1.54, 1.807) is 36.0 Å². The molecule has 0 fully saturated rings. The molecule has 1 N–H and O–H groups in total. The van der Waals surface area contributed by atoms with Crippen molar-refractivity contribution in [3.63, 3.8) is 0 Å². The van der Waals surface area contributed by atoms with Crippen LogP contribution in [0.2, 0.25) is 5.02 Å². The lowest BCUT2D eigenvalue weighted by atomic mass is 10.2. The number of nitrogens with one attached hydrogen (secondary N) is 1. The molecule has 0 aromatic heterocycles. The minimum atomic E-state index is -3.48. The van der Waals surface area contributed by atoms with Crippen LogP contribution in [0, 0.1) is 0 Å². The van der Waals surface area contributed by atoms with Gasteiger partial charge in [-0.1, -0.05) is 48.0 Å². The van der Waals surface area contributed by atoms with Gasteiger partial charge in [-0.2, -0.15) is 0 Å². The molecule has 1 amide bonds. The molecule has 8 heteroatoms. The van der Waals surface area contributed by atoms with E-state index in [9.17, 15) is 13.2 Å². The van der Waals surface area contributed by atoms with Crippen molar-refractivity contribution in [1.82, 2.24) is 0 Å². The number of anilines is 2. The van der Waals surface area contributed by atoms with E-state index in [2.05, 4.69) is 17.4 Å². The maximum absolute atomic E-state index is 12.3. The summed E-state index contributed by atoms with van der Waals surface area (Å²) in [5.74, 6) is 0.694. The van der Waals surface area contributed by atoms with Gasteiger partial charge in [0.2, 0.25) is 15.9 Å². The van der Waals surface area contributed by atoms with Crippen molar-refractivity contribution in [3.05, 3.63) is 89.4 Å². The Bertz CT molecular complexity index is 1140. The van der Waals surface area contributed by atoms with Gasteiger partial charge in [-0.25, -0.2) is 8.42 Å². The molecule has 0 saturated heterocycles. The molecule has 0 atom stereocenters. The standard InChI is InChI=1S/C24H25ClN2O3S2/c1-32(29,30)27(22-8-5-7-20(25)17-22)16-6-11-24(28)26-21-14-12-19(13-15-21)18-31-23-9-3-2-4-10-23/h2-5,7-10,12-15,17H,6,11,16,18H2,1H3,(H,26,28). The van der Waals surface area contributed by atoms with Crippen LogP contribution in [0.25, 0.3) is 0 Å². The van der Waals surface area contributed by atoms with Crippen LogP contribution in [-0.4, -0.2) is 27.1 Å². The van der Waals surface area contributed by atoms with Crippen molar-refractivity contribution in [2.75, 3.05) is 22.4 Å². The first-order chi connectivity index (χ1) is 15.3. The number of thioether (sulfide) groups is 1. The molecule has 0 aliphatic rings. The molecule has 0 spiro atoms. The van der Waals surface area contributed by atoms with E-state index < -0.39 is 10.0 Å². The second kappa shape index (κ2) is 11.4. The highest BCUT2D eigenvalue weighted by molar-refractivity contribution is 7.98. The molecule has 168 valence electrons. The number of sulfonamides is 1. The van der Waals surface area contributed by atoms with Crippen molar-refractivity contribution in [2.24, 2.45) is 0 Å². The zero-order chi connectivity index (χ0) is 23.0. The van der Waals surface area contributed by atoms with Gasteiger partial charge in [0.05, 0.1) is 11.9 Å². The first-order valence-corrected chi connectivity index (χ1v) is 13.3.